The molecular formula is C24H18N6O4S. The van der Waals surface area contributed by atoms with E-state index in [1.54, 1.807) is 24.3 Å². The Balaban J connectivity index is 1.45. The van der Waals surface area contributed by atoms with Gasteiger partial charge in [0.1, 0.15) is 12.4 Å². The summed E-state index contributed by atoms with van der Waals surface area (Å²) in [6.45, 7) is 0.128. The van der Waals surface area contributed by atoms with Crippen LogP contribution in [0.15, 0.2) is 84.0 Å². The lowest BCUT2D eigenvalue weighted by molar-refractivity contribution is -0.384. The van der Waals surface area contributed by atoms with Crippen LogP contribution in [0.3, 0.4) is 0 Å². The number of hydrogen-bond acceptors (Lipinski definition) is 8. The Kier molecular flexibility index (Phi) is 7.34. The highest BCUT2D eigenvalue weighted by Gasteiger charge is 2.17. The Morgan fingerprint density at radius 1 is 1.06 bits per heavy atom. The van der Waals surface area contributed by atoms with E-state index in [1.807, 2.05) is 34.9 Å². The summed E-state index contributed by atoms with van der Waals surface area (Å²) in [6, 6.07) is 23.9. The molecule has 0 fully saturated rings. The van der Waals surface area contributed by atoms with Crippen molar-refractivity contribution in [2.24, 2.45) is 0 Å². The summed E-state index contributed by atoms with van der Waals surface area (Å²) in [5, 5.41) is 31.4. The number of ether oxygens (including phenoxy) is 1. The van der Waals surface area contributed by atoms with Crippen LogP contribution in [-0.4, -0.2) is 31.3 Å². The predicted molar refractivity (Wildman–Crippen MR) is 129 cm³/mol. The van der Waals surface area contributed by atoms with Crippen LogP contribution in [0.25, 0.3) is 5.69 Å². The number of nitro groups is 1. The first-order chi connectivity index (χ1) is 17.0. The summed E-state index contributed by atoms with van der Waals surface area (Å²) >= 11 is 1.20. The van der Waals surface area contributed by atoms with Crippen molar-refractivity contribution in [2.75, 3.05) is 11.1 Å². The summed E-state index contributed by atoms with van der Waals surface area (Å²) in [6.07, 6.45) is 0. The van der Waals surface area contributed by atoms with E-state index in [-0.39, 0.29) is 24.0 Å². The Bertz CT molecular complexity index is 1370. The molecule has 10 nitrogen and oxygen atoms in total. The lowest BCUT2D eigenvalue weighted by Gasteiger charge is -2.11. The summed E-state index contributed by atoms with van der Waals surface area (Å²) in [5.74, 6) is 0.891. The van der Waals surface area contributed by atoms with Gasteiger partial charge in [-0.05, 0) is 48.5 Å². The summed E-state index contributed by atoms with van der Waals surface area (Å²) in [4.78, 5) is 22.7. The number of carbonyl (C=O) groups is 1. The number of benzene rings is 3. The monoisotopic (exact) mass is 486 g/mol. The van der Waals surface area contributed by atoms with Crippen LogP contribution < -0.4 is 10.1 Å². The van der Waals surface area contributed by atoms with Gasteiger partial charge in [0, 0.05) is 23.5 Å². The molecule has 0 aliphatic carbocycles. The van der Waals surface area contributed by atoms with Crippen molar-refractivity contribution in [3.05, 3.63) is 100 Å². The van der Waals surface area contributed by atoms with Gasteiger partial charge in [0.15, 0.2) is 11.0 Å². The molecule has 4 aromatic rings. The highest BCUT2D eigenvalue weighted by atomic mass is 32.2. The highest BCUT2D eigenvalue weighted by molar-refractivity contribution is 7.99. The quantitative estimate of drug-likeness (QED) is 0.209. The lowest BCUT2D eigenvalue weighted by Crippen LogP contribution is -2.14. The Morgan fingerprint density at radius 2 is 1.77 bits per heavy atom. The number of nitro benzene ring substituents is 1. The Morgan fingerprint density at radius 3 is 2.43 bits per heavy atom. The largest absolute Gasteiger partial charge is 0.486 e. The van der Waals surface area contributed by atoms with E-state index < -0.39 is 4.92 Å². The van der Waals surface area contributed by atoms with Crippen molar-refractivity contribution in [2.45, 2.75) is 11.8 Å². The molecule has 0 unspecified atom stereocenters. The number of anilines is 1. The van der Waals surface area contributed by atoms with Gasteiger partial charge in [0.05, 0.1) is 22.3 Å². The Hall–Kier alpha value is -4.69. The normalized spacial score (nSPS) is 10.4. The molecule has 1 amide bonds. The van der Waals surface area contributed by atoms with Crippen molar-refractivity contribution >= 4 is 29.0 Å². The fourth-order valence-corrected chi connectivity index (χ4v) is 3.86. The van der Waals surface area contributed by atoms with Crippen molar-refractivity contribution in [3.63, 3.8) is 0 Å². The molecule has 35 heavy (non-hydrogen) atoms. The third-order valence-corrected chi connectivity index (χ3v) is 5.69. The Labute approximate surface area is 204 Å². The maximum Gasteiger partial charge on any atom is 0.269 e. The van der Waals surface area contributed by atoms with Crippen LogP contribution in [0.1, 0.15) is 11.4 Å². The first kappa shape index (κ1) is 23.5. The summed E-state index contributed by atoms with van der Waals surface area (Å²) in [7, 11) is 0. The molecule has 1 heterocycles. The number of nitrogens with zero attached hydrogens (tertiary/aromatic N) is 5. The first-order valence-electron chi connectivity index (χ1n) is 10.3. The van der Waals surface area contributed by atoms with Crippen LogP contribution in [0.4, 0.5) is 11.4 Å². The number of nitriles is 1. The van der Waals surface area contributed by atoms with Crippen LogP contribution in [0.5, 0.6) is 5.75 Å². The molecule has 0 atom stereocenters. The number of carbonyl (C=O) groups excluding carboxylic acids is 1. The number of non-ortho nitro benzene ring substituents is 1. The van der Waals surface area contributed by atoms with E-state index in [0.29, 0.717) is 28.0 Å². The molecule has 1 aromatic heterocycles. The minimum Gasteiger partial charge on any atom is -0.486 e. The van der Waals surface area contributed by atoms with Crippen molar-refractivity contribution < 1.29 is 14.5 Å². The molecular weight excluding hydrogens is 468 g/mol. The minimum absolute atomic E-state index is 0.0518. The lowest BCUT2D eigenvalue weighted by atomic mass is 10.2. The highest BCUT2D eigenvalue weighted by Crippen LogP contribution is 2.24. The zero-order chi connectivity index (χ0) is 24.6. The molecule has 0 spiro atoms. The second-order valence-corrected chi connectivity index (χ2v) is 8.08. The minimum atomic E-state index is -0.499. The number of hydrogen-bond donors (Lipinski definition) is 1. The molecule has 0 aliphatic heterocycles. The van der Waals surface area contributed by atoms with Gasteiger partial charge in [-0.25, -0.2) is 0 Å². The van der Waals surface area contributed by atoms with Gasteiger partial charge in [0.25, 0.3) is 5.69 Å². The average Bonchev–Trinajstić information content (AvgIpc) is 3.30. The van der Waals surface area contributed by atoms with Crippen LogP contribution in [0, 0.1) is 21.4 Å². The smallest absolute Gasteiger partial charge is 0.269 e. The number of nitrogens with one attached hydrogen (secondary N) is 1. The van der Waals surface area contributed by atoms with E-state index in [9.17, 15) is 14.9 Å². The average molecular weight is 487 g/mol. The van der Waals surface area contributed by atoms with E-state index in [2.05, 4.69) is 21.6 Å². The van der Waals surface area contributed by atoms with Gasteiger partial charge in [-0.1, -0.05) is 30.0 Å². The van der Waals surface area contributed by atoms with E-state index in [0.717, 1.165) is 5.69 Å². The third-order valence-electron chi connectivity index (χ3n) is 4.76. The maximum absolute atomic E-state index is 12.5. The van der Waals surface area contributed by atoms with E-state index in [4.69, 9.17) is 10.00 Å². The fraction of sp³-hybridized carbons (Fsp3) is 0.0833. The second kappa shape index (κ2) is 11.0. The molecule has 0 bridgehead atoms. The molecule has 1 N–H and O–H groups in total. The molecule has 0 saturated carbocycles. The SMILES string of the molecule is N#Cc1ccc(OCc2nnc(SCC(=O)Nc3ccc([N+](=O)[O-])cc3)n2-c2ccccc2)cc1. The number of thioether (sulfide) groups is 1. The van der Waals surface area contributed by atoms with Crippen LogP contribution >= 0.6 is 11.8 Å². The molecule has 11 heteroatoms. The molecule has 4 rings (SSSR count). The van der Waals surface area contributed by atoms with Gasteiger partial charge in [-0.3, -0.25) is 19.5 Å². The fourth-order valence-electron chi connectivity index (χ4n) is 3.09. The van der Waals surface area contributed by atoms with Gasteiger partial charge in [-0.15, -0.1) is 10.2 Å². The number of aromatic nitrogens is 3. The molecule has 0 saturated heterocycles. The number of amides is 1. The van der Waals surface area contributed by atoms with Gasteiger partial charge >= 0.3 is 0 Å². The summed E-state index contributed by atoms with van der Waals surface area (Å²) < 4.78 is 7.64. The molecule has 0 aliphatic rings. The first-order valence-corrected chi connectivity index (χ1v) is 11.3. The number of para-hydroxylation sites is 1. The zero-order valence-corrected chi connectivity index (χ0v) is 19.0. The van der Waals surface area contributed by atoms with Gasteiger partial charge in [0.2, 0.25) is 5.91 Å². The number of rotatable bonds is 9. The second-order valence-electron chi connectivity index (χ2n) is 7.14. The van der Waals surface area contributed by atoms with Crippen molar-refractivity contribution in [1.29, 1.82) is 5.26 Å². The van der Waals surface area contributed by atoms with Crippen molar-refractivity contribution in [3.8, 4) is 17.5 Å². The van der Waals surface area contributed by atoms with Gasteiger partial charge < -0.3 is 10.1 Å². The standard InChI is InChI=1S/C24H18N6O4S/c25-14-17-6-12-21(13-7-17)34-15-22-27-28-24(29(22)19-4-2-1-3-5-19)35-16-23(31)26-18-8-10-20(11-9-18)30(32)33/h1-13H,15-16H2,(H,26,31). The molecule has 0 radical (unpaired) electrons. The van der Waals surface area contributed by atoms with Crippen LogP contribution in [-0.2, 0) is 11.4 Å². The zero-order valence-electron chi connectivity index (χ0n) is 18.2. The summed E-state index contributed by atoms with van der Waals surface area (Å²) in [5.41, 5.74) is 1.76. The third kappa shape index (κ3) is 6.01. The van der Waals surface area contributed by atoms with E-state index in [1.165, 1.54) is 36.0 Å². The topological polar surface area (TPSA) is 136 Å². The molecule has 3 aromatic carbocycles. The van der Waals surface area contributed by atoms with Crippen LogP contribution in [0.2, 0.25) is 0 Å². The molecule has 174 valence electrons. The van der Waals surface area contributed by atoms with Gasteiger partial charge in [-0.2, -0.15) is 5.26 Å². The van der Waals surface area contributed by atoms with E-state index >= 15 is 0 Å². The predicted octanol–water partition coefficient (Wildman–Crippen LogP) is 4.36. The van der Waals surface area contributed by atoms with Crippen molar-refractivity contribution in [1.82, 2.24) is 14.8 Å². The maximum atomic E-state index is 12.5.